The highest BCUT2D eigenvalue weighted by molar-refractivity contribution is 6.17. The van der Waals surface area contributed by atoms with E-state index in [1.165, 1.54) is 4.90 Å². The molecular weight excluding hydrogens is 396 g/mol. The fourth-order valence-corrected chi connectivity index (χ4v) is 3.36. The summed E-state index contributed by atoms with van der Waals surface area (Å²) in [5.74, 6) is -2.06. The third kappa shape index (κ3) is 4.35. The van der Waals surface area contributed by atoms with Crippen LogP contribution >= 0.6 is 0 Å². The summed E-state index contributed by atoms with van der Waals surface area (Å²) in [6, 6.07) is 10.6. The van der Waals surface area contributed by atoms with Gasteiger partial charge in [0.05, 0.1) is 23.4 Å². The first-order valence-corrected chi connectivity index (χ1v) is 10.2. The highest BCUT2D eigenvalue weighted by Gasteiger charge is 2.47. The van der Waals surface area contributed by atoms with E-state index in [1.54, 1.807) is 69.4 Å². The number of hydrogen-bond donors (Lipinski definition) is 1. The molecule has 0 radical (unpaired) electrons. The minimum absolute atomic E-state index is 0.0163. The Morgan fingerprint density at radius 1 is 1.13 bits per heavy atom. The molecule has 2 aromatic rings. The Kier molecular flexibility index (Phi) is 6.24. The number of amides is 1. The number of ether oxygens (including phenoxy) is 1. The van der Waals surface area contributed by atoms with Crippen LogP contribution in [0.25, 0.3) is 0 Å². The summed E-state index contributed by atoms with van der Waals surface area (Å²) in [5, 5.41) is 10.7. The number of anilines is 1. The second-order valence-corrected chi connectivity index (χ2v) is 8.36. The Labute approximate surface area is 181 Å². The van der Waals surface area contributed by atoms with Crippen LogP contribution in [0.5, 0.6) is 0 Å². The molecule has 0 spiro atoms. The average molecular weight is 422 g/mol. The Hall–Kier alpha value is -3.48. The molecule has 1 aromatic carbocycles. The minimum Gasteiger partial charge on any atom is -0.503 e. The van der Waals surface area contributed by atoms with Gasteiger partial charge in [-0.3, -0.25) is 19.5 Å². The highest BCUT2D eigenvalue weighted by atomic mass is 16.5. The van der Waals surface area contributed by atoms with Gasteiger partial charge in [0.2, 0.25) is 0 Å². The number of carbonyl (C=O) groups is 3. The van der Waals surface area contributed by atoms with Crippen molar-refractivity contribution in [2.75, 3.05) is 11.5 Å². The zero-order valence-corrected chi connectivity index (χ0v) is 18.1. The van der Waals surface area contributed by atoms with E-state index in [9.17, 15) is 19.5 Å². The Bertz CT molecular complexity index is 1020. The molecule has 0 bridgehead atoms. The van der Waals surface area contributed by atoms with Crippen molar-refractivity contribution in [3.63, 3.8) is 0 Å². The first-order chi connectivity index (χ1) is 14.7. The number of aromatic nitrogens is 1. The van der Waals surface area contributed by atoms with Crippen LogP contribution in [0.2, 0.25) is 0 Å². The number of carbonyl (C=O) groups excluding carboxylic acids is 3. The number of aliphatic hydroxyl groups is 1. The molecule has 1 unspecified atom stereocenters. The first-order valence-electron chi connectivity index (χ1n) is 10.2. The lowest BCUT2D eigenvalue weighted by molar-refractivity contribution is -0.123. The summed E-state index contributed by atoms with van der Waals surface area (Å²) in [7, 11) is 0. The molecule has 0 saturated carbocycles. The first kappa shape index (κ1) is 22.2. The van der Waals surface area contributed by atoms with E-state index in [-0.39, 0.29) is 11.4 Å². The van der Waals surface area contributed by atoms with Gasteiger partial charge in [0, 0.05) is 17.3 Å². The van der Waals surface area contributed by atoms with E-state index < -0.39 is 29.1 Å². The third-order valence-corrected chi connectivity index (χ3v) is 4.92. The number of hydrogen-bond acceptors (Lipinski definition) is 6. The van der Waals surface area contributed by atoms with Crippen LogP contribution in [-0.2, 0) is 14.3 Å². The SMILES string of the molecule is CCCOC(=O)c1ccc(N2C(=O)C(O)=C(C(=O)C(C)(C)C)C2c2ccccn2)cc1. The maximum atomic E-state index is 13.1. The number of rotatable bonds is 6. The largest absolute Gasteiger partial charge is 0.503 e. The molecule has 0 saturated heterocycles. The molecule has 0 fully saturated rings. The van der Waals surface area contributed by atoms with Crippen molar-refractivity contribution in [1.29, 1.82) is 0 Å². The van der Waals surface area contributed by atoms with Gasteiger partial charge in [-0.15, -0.1) is 0 Å². The van der Waals surface area contributed by atoms with Crippen LogP contribution in [0.1, 0.15) is 56.2 Å². The number of ketones is 1. The molecule has 7 heteroatoms. The number of pyridine rings is 1. The minimum atomic E-state index is -0.877. The number of nitrogens with zero attached hydrogens (tertiary/aromatic N) is 2. The van der Waals surface area contributed by atoms with Gasteiger partial charge in [0.15, 0.2) is 11.5 Å². The lowest BCUT2D eigenvalue weighted by atomic mass is 9.83. The maximum Gasteiger partial charge on any atom is 0.338 e. The number of esters is 1. The molecule has 7 nitrogen and oxygen atoms in total. The monoisotopic (exact) mass is 422 g/mol. The maximum absolute atomic E-state index is 13.1. The number of aliphatic hydroxyl groups excluding tert-OH is 1. The summed E-state index contributed by atoms with van der Waals surface area (Å²) < 4.78 is 5.13. The van der Waals surface area contributed by atoms with Crippen LogP contribution in [0.3, 0.4) is 0 Å². The predicted molar refractivity (Wildman–Crippen MR) is 116 cm³/mol. The smallest absolute Gasteiger partial charge is 0.338 e. The van der Waals surface area contributed by atoms with Gasteiger partial charge < -0.3 is 9.84 Å². The molecule has 1 atom stereocenters. The van der Waals surface area contributed by atoms with Crippen molar-refractivity contribution in [3.05, 3.63) is 71.3 Å². The van der Waals surface area contributed by atoms with Crippen molar-refractivity contribution >= 4 is 23.3 Å². The standard InChI is InChI=1S/C24H26N2O5/c1-5-14-31-23(30)15-9-11-16(12-10-15)26-19(17-8-6-7-13-25-17)18(20(27)22(26)29)21(28)24(2,3)4/h6-13,19,27H,5,14H2,1-4H3. The molecule has 2 heterocycles. The quantitative estimate of drug-likeness (QED) is 0.702. The Morgan fingerprint density at radius 3 is 2.35 bits per heavy atom. The van der Waals surface area contributed by atoms with Gasteiger partial charge in [-0.05, 0) is 42.8 Å². The van der Waals surface area contributed by atoms with Crippen LogP contribution in [0.15, 0.2) is 60.0 Å². The van der Waals surface area contributed by atoms with E-state index in [4.69, 9.17) is 4.74 Å². The molecule has 1 aliphatic rings. The van der Waals surface area contributed by atoms with Crippen molar-refractivity contribution in [2.45, 2.75) is 40.2 Å². The average Bonchev–Trinajstić information content (AvgIpc) is 3.02. The lowest BCUT2D eigenvalue weighted by Gasteiger charge is -2.28. The summed E-state index contributed by atoms with van der Waals surface area (Å²) in [6.45, 7) is 7.42. The van der Waals surface area contributed by atoms with E-state index in [0.29, 0.717) is 30.0 Å². The van der Waals surface area contributed by atoms with Gasteiger partial charge in [-0.25, -0.2) is 4.79 Å². The van der Waals surface area contributed by atoms with Crippen LogP contribution in [0, 0.1) is 5.41 Å². The van der Waals surface area contributed by atoms with Crippen molar-refractivity contribution < 1.29 is 24.2 Å². The highest BCUT2D eigenvalue weighted by Crippen LogP contribution is 2.42. The van der Waals surface area contributed by atoms with E-state index in [2.05, 4.69) is 4.98 Å². The summed E-state index contributed by atoms with van der Waals surface area (Å²) in [5.41, 5.74) is 0.443. The number of benzene rings is 1. The Balaban J connectivity index is 2.04. The topological polar surface area (TPSA) is 96.8 Å². The molecule has 1 aromatic heterocycles. The fourth-order valence-electron chi connectivity index (χ4n) is 3.36. The molecule has 1 aliphatic heterocycles. The van der Waals surface area contributed by atoms with Gasteiger partial charge in [0.25, 0.3) is 5.91 Å². The summed E-state index contributed by atoms with van der Waals surface area (Å²) >= 11 is 0. The van der Waals surface area contributed by atoms with Gasteiger partial charge in [-0.2, -0.15) is 0 Å². The van der Waals surface area contributed by atoms with Gasteiger partial charge >= 0.3 is 5.97 Å². The Morgan fingerprint density at radius 2 is 1.81 bits per heavy atom. The van der Waals surface area contributed by atoms with Gasteiger partial charge in [-0.1, -0.05) is 33.8 Å². The molecule has 3 rings (SSSR count). The molecule has 1 N–H and O–H groups in total. The second-order valence-electron chi connectivity index (χ2n) is 8.36. The summed E-state index contributed by atoms with van der Waals surface area (Å²) in [6.07, 6.45) is 2.28. The van der Waals surface area contributed by atoms with Crippen LogP contribution in [-0.4, -0.2) is 34.4 Å². The molecule has 0 aliphatic carbocycles. The third-order valence-electron chi connectivity index (χ3n) is 4.92. The van der Waals surface area contributed by atoms with Crippen molar-refractivity contribution in [2.24, 2.45) is 5.41 Å². The summed E-state index contributed by atoms with van der Waals surface area (Å²) in [4.78, 5) is 43.9. The lowest BCUT2D eigenvalue weighted by Crippen LogP contribution is -2.33. The van der Waals surface area contributed by atoms with Crippen LogP contribution < -0.4 is 4.90 Å². The van der Waals surface area contributed by atoms with Gasteiger partial charge in [0.1, 0.15) is 6.04 Å². The molecule has 1 amide bonds. The van der Waals surface area contributed by atoms with Crippen molar-refractivity contribution in [1.82, 2.24) is 4.98 Å². The van der Waals surface area contributed by atoms with E-state index >= 15 is 0 Å². The van der Waals surface area contributed by atoms with E-state index in [0.717, 1.165) is 0 Å². The second kappa shape index (κ2) is 8.71. The molecule has 31 heavy (non-hydrogen) atoms. The zero-order valence-electron chi connectivity index (χ0n) is 18.1. The molecular formula is C24H26N2O5. The van der Waals surface area contributed by atoms with Crippen LogP contribution in [0.4, 0.5) is 5.69 Å². The van der Waals surface area contributed by atoms with E-state index in [1.807, 2.05) is 6.92 Å². The number of Topliss-reactive ketones (excluding diaryl/α,β-unsaturated/α-hetero) is 1. The fraction of sp³-hybridized carbons (Fsp3) is 0.333. The van der Waals surface area contributed by atoms with Crippen molar-refractivity contribution in [3.8, 4) is 0 Å². The zero-order chi connectivity index (χ0) is 22.8. The predicted octanol–water partition coefficient (Wildman–Crippen LogP) is 4.16. The molecule has 162 valence electrons. The normalized spacial score (nSPS) is 16.6.